The second kappa shape index (κ2) is 3.56. The summed E-state index contributed by atoms with van der Waals surface area (Å²) in [5, 5.41) is 0.928. The molecule has 0 bridgehead atoms. The van der Waals surface area contributed by atoms with Crippen LogP contribution < -0.4 is 5.73 Å². The van der Waals surface area contributed by atoms with Gasteiger partial charge in [0.05, 0.1) is 0 Å². The van der Waals surface area contributed by atoms with E-state index >= 15 is 0 Å². The Balaban J connectivity index is 2.66. The molecule has 1 aromatic carbocycles. The van der Waals surface area contributed by atoms with Gasteiger partial charge in [-0.15, -0.1) is 0 Å². The van der Waals surface area contributed by atoms with Crippen molar-refractivity contribution >= 4 is 10.9 Å². The van der Waals surface area contributed by atoms with Crippen LogP contribution in [0.3, 0.4) is 0 Å². The van der Waals surface area contributed by atoms with Crippen LogP contribution in [0.25, 0.3) is 10.9 Å². The molecule has 0 spiro atoms. The van der Waals surface area contributed by atoms with Gasteiger partial charge in [-0.25, -0.2) is 8.78 Å². The second-order valence-corrected chi connectivity index (χ2v) is 4.23. The molecule has 0 saturated carbocycles. The van der Waals surface area contributed by atoms with Crippen LogP contribution in [0.15, 0.2) is 30.3 Å². The standard InChI is InChI=1S/C12H14F2N2/c1-12(15,11(13)14)10-7-8-5-3-4-6-9(8)16(10)2/h3-7,11H,15H2,1-2H3. The average molecular weight is 224 g/mol. The van der Waals surface area contributed by atoms with E-state index < -0.39 is 12.0 Å². The number of benzene rings is 1. The van der Waals surface area contributed by atoms with Gasteiger partial charge in [0.1, 0.15) is 5.54 Å². The van der Waals surface area contributed by atoms with E-state index in [0.717, 1.165) is 10.9 Å². The molecule has 2 aromatic rings. The lowest BCUT2D eigenvalue weighted by atomic mass is 10.00. The minimum absolute atomic E-state index is 0.448. The largest absolute Gasteiger partial charge is 0.346 e. The number of rotatable bonds is 2. The quantitative estimate of drug-likeness (QED) is 0.835. The van der Waals surface area contributed by atoms with Crippen molar-refractivity contribution in [1.29, 1.82) is 0 Å². The van der Waals surface area contributed by atoms with Crippen LogP contribution in [0.2, 0.25) is 0 Å². The first-order valence-electron chi connectivity index (χ1n) is 5.06. The molecule has 0 amide bonds. The molecular weight excluding hydrogens is 210 g/mol. The lowest BCUT2D eigenvalue weighted by Crippen LogP contribution is -2.42. The summed E-state index contributed by atoms with van der Waals surface area (Å²) >= 11 is 0. The van der Waals surface area contributed by atoms with Gasteiger partial charge in [-0.05, 0) is 24.4 Å². The molecule has 16 heavy (non-hydrogen) atoms. The fourth-order valence-corrected chi connectivity index (χ4v) is 1.92. The Morgan fingerprint density at radius 1 is 1.31 bits per heavy atom. The number of aromatic nitrogens is 1. The summed E-state index contributed by atoms with van der Waals surface area (Å²) in [6, 6.07) is 9.26. The smallest absolute Gasteiger partial charge is 0.261 e. The Morgan fingerprint density at radius 3 is 2.50 bits per heavy atom. The van der Waals surface area contributed by atoms with Gasteiger partial charge in [-0.2, -0.15) is 0 Å². The van der Waals surface area contributed by atoms with Crippen LogP contribution in [-0.4, -0.2) is 11.0 Å². The molecule has 4 heteroatoms. The van der Waals surface area contributed by atoms with E-state index in [4.69, 9.17) is 5.73 Å². The van der Waals surface area contributed by atoms with Gasteiger partial charge in [0.25, 0.3) is 6.43 Å². The van der Waals surface area contributed by atoms with E-state index in [2.05, 4.69) is 0 Å². The number of fused-ring (bicyclic) bond motifs is 1. The fourth-order valence-electron chi connectivity index (χ4n) is 1.92. The maximum Gasteiger partial charge on any atom is 0.261 e. The normalized spacial score (nSPS) is 15.6. The van der Waals surface area contributed by atoms with Crippen LogP contribution in [0.1, 0.15) is 12.6 Å². The highest BCUT2D eigenvalue weighted by atomic mass is 19.3. The van der Waals surface area contributed by atoms with E-state index in [9.17, 15) is 8.78 Å². The zero-order valence-electron chi connectivity index (χ0n) is 9.24. The lowest BCUT2D eigenvalue weighted by molar-refractivity contribution is 0.0588. The summed E-state index contributed by atoms with van der Waals surface area (Å²) in [6.07, 6.45) is -2.59. The number of hydrogen-bond donors (Lipinski definition) is 1. The van der Waals surface area contributed by atoms with Crippen molar-refractivity contribution in [3.8, 4) is 0 Å². The Morgan fingerprint density at radius 2 is 1.94 bits per heavy atom. The molecule has 1 atom stereocenters. The van der Waals surface area contributed by atoms with Crippen molar-refractivity contribution < 1.29 is 8.78 Å². The van der Waals surface area contributed by atoms with Crippen molar-refractivity contribution in [3.63, 3.8) is 0 Å². The summed E-state index contributed by atoms with van der Waals surface area (Å²) in [4.78, 5) is 0. The number of para-hydroxylation sites is 1. The minimum atomic E-state index is -2.59. The van der Waals surface area contributed by atoms with Gasteiger partial charge in [0.2, 0.25) is 0 Å². The Hall–Kier alpha value is -1.42. The van der Waals surface area contributed by atoms with Gasteiger partial charge in [0.15, 0.2) is 0 Å². The van der Waals surface area contributed by atoms with E-state index in [0.29, 0.717) is 5.69 Å². The minimum Gasteiger partial charge on any atom is -0.346 e. The molecule has 86 valence electrons. The van der Waals surface area contributed by atoms with Crippen molar-refractivity contribution in [2.75, 3.05) is 0 Å². The molecule has 2 rings (SSSR count). The van der Waals surface area contributed by atoms with Crippen LogP contribution in [0, 0.1) is 0 Å². The van der Waals surface area contributed by atoms with Crippen LogP contribution in [0.5, 0.6) is 0 Å². The monoisotopic (exact) mass is 224 g/mol. The first kappa shape index (κ1) is 11.1. The van der Waals surface area contributed by atoms with E-state index in [1.165, 1.54) is 6.92 Å². The zero-order chi connectivity index (χ0) is 11.9. The van der Waals surface area contributed by atoms with E-state index in [1.807, 2.05) is 24.3 Å². The first-order chi connectivity index (χ1) is 7.44. The molecule has 1 aromatic heterocycles. The Labute approximate surface area is 92.7 Å². The van der Waals surface area contributed by atoms with Crippen molar-refractivity contribution in [1.82, 2.24) is 4.57 Å². The highest BCUT2D eigenvalue weighted by Gasteiger charge is 2.35. The van der Waals surface area contributed by atoms with Gasteiger partial charge >= 0.3 is 0 Å². The third kappa shape index (κ3) is 1.50. The molecule has 0 aliphatic rings. The maximum atomic E-state index is 12.9. The zero-order valence-corrected chi connectivity index (χ0v) is 9.24. The molecule has 0 aliphatic carbocycles. The molecule has 2 nitrogen and oxygen atoms in total. The summed E-state index contributed by atoms with van der Waals surface area (Å²) in [5.74, 6) is 0. The number of nitrogens with two attached hydrogens (primary N) is 1. The van der Waals surface area contributed by atoms with E-state index in [-0.39, 0.29) is 0 Å². The number of hydrogen-bond acceptors (Lipinski definition) is 1. The third-order valence-corrected chi connectivity index (χ3v) is 2.96. The molecule has 0 fully saturated rings. The molecular formula is C12H14F2N2. The van der Waals surface area contributed by atoms with Gasteiger partial charge in [0, 0.05) is 18.3 Å². The molecule has 0 aliphatic heterocycles. The van der Waals surface area contributed by atoms with Gasteiger partial charge in [-0.3, -0.25) is 0 Å². The summed E-state index contributed by atoms with van der Waals surface area (Å²) in [7, 11) is 1.76. The molecule has 1 unspecified atom stereocenters. The van der Waals surface area contributed by atoms with Crippen LogP contribution >= 0.6 is 0 Å². The van der Waals surface area contributed by atoms with E-state index in [1.54, 1.807) is 17.7 Å². The lowest BCUT2D eigenvalue weighted by Gasteiger charge is -2.24. The average Bonchev–Trinajstić information content (AvgIpc) is 2.57. The van der Waals surface area contributed by atoms with Gasteiger partial charge in [-0.1, -0.05) is 18.2 Å². The number of nitrogens with zero attached hydrogens (tertiary/aromatic N) is 1. The second-order valence-electron chi connectivity index (χ2n) is 4.23. The van der Waals surface area contributed by atoms with Crippen molar-refractivity contribution in [3.05, 3.63) is 36.0 Å². The number of halogens is 2. The molecule has 1 heterocycles. The van der Waals surface area contributed by atoms with Crippen molar-refractivity contribution in [2.24, 2.45) is 12.8 Å². The predicted molar refractivity (Wildman–Crippen MR) is 60.5 cm³/mol. The first-order valence-corrected chi connectivity index (χ1v) is 5.06. The van der Waals surface area contributed by atoms with Crippen LogP contribution in [0.4, 0.5) is 8.78 Å². The SMILES string of the molecule is Cn1c(C(C)(N)C(F)F)cc2ccccc21. The summed E-state index contributed by atoms with van der Waals surface area (Å²) < 4.78 is 27.5. The Bertz CT molecular complexity index is 515. The van der Waals surface area contributed by atoms with Crippen molar-refractivity contribution in [2.45, 2.75) is 18.9 Å². The number of alkyl halides is 2. The van der Waals surface area contributed by atoms with Crippen LogP contribution in [-0.2, 0) is 12.6 Å². The summed E-state index contributed by atoms with van der Waals surface area (Å²) in [6.45, 7) is 1.35. The molecule has 0 saturated heterocycles. The molecule has 2 N–H and O–H groups in total. The fraction of sp³-hybridized carbons (Fsp3) is 0.333. The third-order valence-electron chi connectivity index (χ3n) is 2.96. The summed E-state index contributed by atoms with van der Waals surface area (Å²) in [5.41, 5.74) is 5.42. The Kier molecular flexibility index (Phi) is 2.46. The maximum absolute atomic E-state index is 12.9. The highest BCUT2D eigenvalue weighted by Crippen LogP contribution is 2.29. The highest BCUT2D eigenvalue weighted by molar-refractivity contribution is 5.81. The predicted octanol–water partition coefficient (Wildman–Crippen LogP) is 2.62. The number of aryl methyl sites for hydroxylation is 1. The molecule has 0 radical (unpaired) electrons. The topological polar surface area (TPSA) is 30.9 Å². The van der Waals surface area contributed by atoms with Gasteiger partial charge < -0.3 is 10.3 Å².